The van der Waals surface area contributed by atoms with Crippen LogP contribution in [0.5, 0.6) is 0 Å². The predicted molar refractivity (Wildman–Crippen MR) is 84.8 cm³/mol. The van der Waals surface area contributed by atoms with Crippen LogP contribution in [0.2, 0.25) is 0 Å². The molecule has 7 heteroatoms. The van der Waals surface area contributed by atoms with Crippen molar-refractivity contribution in [3.8, 4) is 0 Å². The summed E-state index contributed by atoms with van der Waals surface area (Å²) in [6.45, 7) is 2.64. The number of carbonyl (C=O) groups excluding carboxylic acids is 2. The number of hydrogen-bond acceptors (Lipinski definition) is 4. The molecular weight excluding hydrogens is 296 g/mol. The van der Waals surface area contributed by atoms with Gasteiger partial charge in [0, 0.05) is 32.3 Å². The Balaban J connectivity index is 1.62. The highest BCUT2D eigenvalue weighted by atomic mass is 16.3. The van der Waals surface area contributed by atoms with Crippen molar-refractivity contribution in [1.29, 1.82) is 0 Å². The smallest absolute Gasteiger partial charge is 0.254 e. The van der Waals surface area contributed by atoms with Crippen molar-refractivity contribution in [3.63, 3.8) is 0 Å². The second-order valence-corrected chi connectivity index (χ2v) is 6.65. The lowest BCUT2D eigenvalue weighted by molar-refractivity contribution is -0.153. The maximum Gasteiger partial charge on any atom is 0.254 e. The molecule has 1 aliphatic heterocycles. The van der Waals surface area contributed by atoms with Gasteiger partial charge < -0.3 is 15.3 Å². The second kappa shape index (κ2) is 6.31. The van der Waals surface area contributed by atoms with E-state index in [1.807, 2.05) is 6.20 Å². The summed E-state index contributed by atoms with van der Waals surface area (Å²) in [6, 6.07) is 1.84. The zero-order valence-electron chi connectivity index (χ0n) is 13.5. The number of hydrogen-bond donors (Lipinski definition) is 2. The fraction of sp³-hybridized carbons (Fsp3) is 0.688. The van der Waals surface area contributed by atoms with Crippen molar-refractivity contribution in [1.82, 2.24) is 14.7 Å². The molecule has 2 aliphatic rings. The minimum atomic E-state index is -1.17. The Morgan fingerprint density at radius 2 is 2.09 bits per heavy atom. The molecule has 0 radical (unpaired) electrons. The van der Waals surface area contributed by atoms with Crippen LogP contribution in [0.3, 0.4) is 0 Å². The number of nitrogens with one attached hydrogen (secondary N) is 1. The third kappa shape index (κ3) is 3.39. The maximum absolute atomic E-state index is 12.6. The first-order valence-corrected chi connectivity index (χ1v) is 8.32. The first kappa shape index (κ1) is 16.0. The number of aromatic nitrogens is 2. The summed E-state index contributed by atoms with van der Waals surface area (Å²) in [6.07, 6.45) is 6.69. The van der Waals surface area contributed by atoms with E-state index < -0.39 is 5.60 Å². The molecular formula is C16H24N4O3. The molecule has 126 valence electrons. The van der Waals surface area contributed by atoms with E-state index in [1.54, 1.807) is 15.6 Å². The molecule has 1 atom stereocenters. The fourth-order valence-electron chi connectivity index (χ4n) is 3.58. The molecule has 1 unspecified atom stereocenters. The van der Waals surface area contributed by atoms with E-state index in [9.17, 15) is 14.7 Å². The highest BCUT2D eigenvalue weighted by Crippen LogP contribution is 2.32. The Hall–Kier alpha value is -1.89. The van der Waals surface area contributed by atoms with Crippen molar-refractivity contribution in [2.75, 3.05) is 18.4 Å². The molecule has 2 N–H and O–H groups in total. The number of aliphatic hydroxyl groups is 1. The van der Waals surface area contributed by atoms with Crippen molar-refractivity contribution in [2.45, 2.75) is 57.1 Å². The zero-order chi connectivity index (χ0) is 16.4. The Bertz CT molecular complexity index is 592. The van der Waals surface area contributed by atoms with Gasteiger partial charge in [0.1, 0.15) is 5.60 Å². The lowest BCUT2D eigenvalue weighted by atomic mass is 9.84. The molecule has 1 saturated heterocycles. The Morgan fingerprint density at radius 1 is 1.35 bits per heavy atom. The molecule has 2 heterocycles. The Kier molecular flexibility index (Phi) is 4.39. The first-order chi connectivity index (χ1) is 11.0. The molecule has 7 nitrogen and oxygen atoms in total. The Labute approximate surface area is 135 Å². The van der Waals surface area contributed by atoms with Crippen LogP contribution in [0, 0.1) is 0 Å². The summed E-state index contributed by atoms with van der Waals surface area (Å²) in [5.74, 6) is 0.236. The molecule has 23 heavy (non-hydrogen) atoms. The number of likely N-dealkylation sites (tertiary alicyclic amines) is 1. The molecule has 3 rings (SSSR count). The summed E-state index contributed by atoms with van der Waals surface area (Å²) in [5.41, 5.74) is -1.17. The van der Waals surface area contributed by atoms with Gasteiger partial charge in [0.25, 0.3) is 5.91 Å². The van der Waals surface area contributed by atoms with E-state index in [1.165, 1.54) is 6.92 Å². The minimum Gasteiger partial charge on any atom is -0.380 e. The predicted octanol–water partition coefficient (Wildman–Crippen LogP) is 1.31. The van der Waals surface area contributed by atoms with Gasteiger partial charge in [-0.05, 0) is 19.3 Å². The van der Waals surface area contributed by atoms with E-state index >= 15 is 0 Å². The summed E-state index contributed by atoms with van der Waals surface area (Å²) in [7, 11) is 0. The van der Waals surface area contributed by atoms with Crippen LogP contribution in [-0.2, 0) is 9.59 Å². The first-order valence-electron chi connectivity index (χ1n) is 8.32. The van der Waals surface area contributed by atoms with Gasteiger partial charge in [0.2, 0.25) is 5.91 Å². The van der Waals surface area contributed by atoms with Crippen LogP contribution < -0.4 is 5.32 Å². The zero-order valence-corrected chi connectivity index (χ0v) is 13.5. The van der Waals surface area contributed by atoms with Gasteiger partial charge in [0.05, 0.1) is 6.04 Å². The van der Waals surface area contributed by atoms with Crippen molar-refractivity contribution >= 4 is 17.6 Å². The average Bonchev–Trinajstić information content (AvgIpc) is 3.15. The van der Waals surface area contributed by atoms with Gasteiger partial charge in [-0.15, -0.1) is 0 Å². The molecule has 1 aliphatic carbocycles. The van der Waals surface area contributed by atoms with Crippen LogP contribution >= 0.6 is 0 Å². The normalized spacial score (nSPS) is 23.7. The van der Waals surface area contributed by atoms with E-state index in [2.05, 4.69) is 10.4 Å². The number of carbonyl (C=O) groups is 2. The summed E-state index contributed by atoms with van der Waals surface area (Å²) < 4.78 is 1.80. The molecule has 2 amide bonds. The summed E-state index contributed by atoms with van der Waals surface area (Å²) in [5, 5.41) is 17.6. The van der Waals surface area contributed by atoms with Crippen LogP contribution in [0.1, 0.15) is 51.5 Å². The van der Waals surface area contributed by atoms with Crippen molar-refractivity contribution < 1.29 is 14.7 Å². The average molecular weight is 320 g/mol. The van der Waals surface area contributed by atoms with Crippen molar-refractivity contribution in [3.05, 3.63) is 12.3 Å². The monoisotopic (exact) mass is 320 g/mol. The van der Waals surface area contributed by atoms with Gasteiger partial charge in [-0.25, -0.2) is 0 Å². The van der Waals surface area contributed by atoms with Crippen LogP contribution in [0.4, 0.5) is 5.82 Å². The van der Waals surface area contributed by atoms with E-state index in [4.69, 9.17) is 0 Å². The lowest BCUT2D eigenvalue weighted by Crippen LogP contribution is -2.49. The van der Waals surface area contributed by atoms with Gasteiger partial charge in [-0.2, -0.15) is 5.10 Å². The summed E-state index contributed by atoms with van der Waals surface area (Å²) >= 11 is 0. The highest BCUT2D eigenvalue weighted by molar-refractivity contribution is 5.87. The van der Waals surface area contributed by atoms with Gasteiger partial charge >= 0.3 is 0 Å². The number of nitrogens with zero attached hydrogens (tertiary/aromatic N) is 3. The van der Waals surface area contributed by atoms with E-state index in [0.29, 0.717) is 31.7 Å². The van der Waals surface area contributed by atoms with Crippen LogP contribution in [0.15, 0.2) is 12.3 Å². The van der Waals surface area contributed by atoms with Crippen LogP contribution in [-0.4, -0.2) is 50.3 Å². The number of amides is 2. The molecule has 0 bridgehead atoms. The molecule has 1 aromatic rings. The van der Waals surface area contributed by atoms with E-state index in [-0.39, 0.29) is 17.9 Å². The third-order valence-electron chi connectivity index (χ3n) is 4.82. The largest absolute Gasteiger partial charge is 0.380 e. The topological polar surface area (TPSA) is 87.5 Å². The van der Waals surface area contributed by atoms with Crippen molar-refractivity contribution in [2.24, 2.45) is 0 Å². The fourth-order valence-corrected chi connectivity index (χ4v) is 3.58. The van der Waals surface area contributed by atoms with Gasteiger partial charge in [0.15, 0.2) is 5.82 Å². The van der Waals surface area contributed by atoms with Gasteiger partial charge in [-0.1, -0.05) is 19.3 Å². The molecule has 0 aromatic carbocycles. The minimum absolute atomic E-state index is 0.0913. The van der Waals surface area contributed by atoms with Gasteiger partial charge in [-0.3, -0.25) is 14.3 Å². The third-order valence-corrected chi connectivity index (χ3v) is 4.82. The summed E-state index contributed by atoms with van der Waals surface area (Å²) in [4.78, 5) is 25.5. The number of rotatable bonds is 3. The molecule has 0 spiro atoms. The highest BCUT2D eigenvalue weighted by Gasteiger charge is 2.42. The Morgan fingerprint density at radius 3 is 2.78 bits per heavy atom. The SMILES string of the molecule is CC(=O)Nc1ccn(C2CCN(C(=O)C3(O)CCCCC3)C2)n1. The van der Waals surface area contributed by atoms with E-state index in [0.717, 1.165) is 25.7 Å². The number of anilines is 1. The van der Waals surface area contributed by atoms with Crippen LogP contribution in [0.25, 0.3) is 0 Å². The molecule has 1 aromatic heterocycles. The molecule has 1 saturated carbocycles. The standard InChI is InChI=1S/C16H24N4O3/c1-12(21)17-14-6-10-20(18-14)13-5-9-19(11-13)15(22)16(23)7-3-2-4-8-16/h6,10,13,23H,2-5,7-9,11H2,1H3,(H,17,18,21). The lowest BCUT2D eigenvalue weighted by Gasteiger charge is -2.34. The maximum atomic E-state index is 12.6. The molecule has 2 fully saturated rings. The quantitative estimate of drug-likeness (QED) is 0.879. The second-order valence-electron chi connectivity index (χ2n) is 6.65.